The van der Waals surface area contributed by atoms with Gasteiger partial charge in [0.25, 0.3) is 0 Å². The van der Waals surface area contributed by atoms with Crippen LogP contribution >= 0.6 is 0 Å². The summed E-state index contributed by atoms with van der Waals surface area (Å²) >= 11 is -1.22. The normalized spacial score (nSPS) is 12.0. The summed E-state index contributed by atoms with van der Waals surface area (Å²) in [5, 5.41) is 2.90. The van der Waals surface area contributed by atoms with E-state index in [0.29, 0.717) is 47.8 Å². The van der Waals surface area contributed by atoms with Crippen molar-refractivity contribution in [2.45, 2.75) is 64.2 Å². The van der Waals surface area contributed by atoms with Crippen LogP contribution < -0.4 is 14.8 Å². The minimum Gasteiger partial charge on any atom is -0.611 e. The molecule has 1 aromatic heterocycles. The van der Waals surface area contributed by atoms with Crippen LogP contribution in [0.15, 0.2) is 90.2 Å². The number of unbranched alkanes of at least 4 members (excludes halogenated alkanes) is 1. The van der Waals surface area contributed by atoms with Crippen molar-refractivity contribution in [3.8, 4) is 22.6 Å². The Morgan fingerprint density at radius 3 is 2.45 bits per heavy atom. The van der Waals surface area contributed by atoms with Gasteiger partial charge in [-0.05, 0) is 95.7 Å². The van der Waals surface area contributed by atoms with Gasteiger partial charge >= 0.3 is 0 Å². The van der Waals surface area contributed by atoms with Crippen molar-refractivity contribution in [3.63, 3.8) is 0 Å². The first-order chi connectivity index (χ1) is 22.9. The molecule has 0 radical (unpaired) electrons. The monoisotopic (exact) mass is 657 g/mol. The predicted octanol–water partition coefficient (Wildman–Crippen LogP) is 8.15. The highest BCUT2D eigenvalue weighted by Crippen LogP contribution is 2.30. The molecule has 4 aromatic rings. The van der Waals surface area contributed by atoms with Gasteiger partial charge in [-0.1, -0.05) is 52.3 Å². The first-order valence-electron chi connectivity index (χ1n) is 16.4. The van der Waals surface area contributed by atoms with Crippen molar-refractivity contribution < 1.29 is 23.6 Å². The molecule has 1 atom stereocenters. The lowest BCUT2D eigenvalue weighted by Crippen LogP contribution is -2.11. The van der Waals surface area contributed by atoms with Gasteiger partial charge < -0.3 is 28.6 Å². The van der Waals surface area contributed by atoms with Gasteiger partial charge in [0.05, 0.1) is 31.4 Å². The summed E-state index contributed by atoms with van der Waals surface area (Å²) in [6, 6.07) is 21.1. The third-order valence-corrected chi connectivity index (χ3v) is 8.61. The number of hydrogen-bond donors (Lipinski definition) is 1. The molecule has 0 spiro atoms. The molecule has 1 N–H and O–H groups in total. The van der Waals surface area contributed by atoms with Gasteiger partial charge in [-0.25, -0.2) is 4.98 Å². The summed E-state index contributed by atoms with van der Waals surface area (Å²) < 4.78 is 32.5. The van der Waals surface area contributed by atoms with E-state index >= 15 is 0 Å². The zero-order valence-corrected chi connectivity index (χ0v) is 28.8. The van der Waals surface area contributed by atoms with E-state index in [1.165, 1.54) is 6.08 Å². The molecule has 0 bridgehead atoms. The zero-order valence-electron chi connectivity index (χ0n) is 27.9. The second kappa shape index (κ2) is 18.9. The highest BCUT2D eigenvalue weighted by Gasteiger charge is 2.15. The topological polar surface area (TPSA) is 97.7 Å². The standard InChI is InChI=1S/C38H47N3O5S/c1-5-7-21-44-22-23-45-35-14-8-30(9-15-35)31-10-18-37(46-26-29(3)4)32(24-31)11-19-38(42)40-33-12-16-36(17-13-33)47(43)27-34-25-39-28-41(34)20-6-2/h8-19,24-25,28-29H,5-7,20-23,26-27H2,1-4H3,(H,40,42)/b19-11+/t47-/m0/s1. The van der Waals surface area contributed by atoms with Crippen molar-refractivity contribution in [1.82, 2.24) is 9.55 Å². The van der Waals surface area contributed by atoms with Gasteiger partial charge in [-0.3, -0.25) is 4.79 Å². The summed E-state index contributed by atoms with van der Waals surface area (Å²) in [7, 11) is 0. The Balaban J connectivity index is 1.39. The molecule has 0 fully saturated rings. The highest BCUT2D eigenvalue weighted by molar-refractivity contribution is 7.90. The third-order valence-electron chi connectivity index (χ3n) is 7.25. The third kappa shape index (κ3) is 11.6. The van der Waals surface area contributed by atoms with Crippen molar-refractivity contribution in [2.75, 3.05) is 31.7 Å². The number of amides is 1. The molecular weight excluding hydrogens is 611 g/mol. The van der Waals surface area contributed by atoms with E-state index in [9.17, 15) is 9.35 Å². The maximum absolute atomic E-state index is 13.0. The Labute approximate surface area is 282 Å². The average molecular weight is 658 g/mol. The van der Waals surface area contributed by atoms with Crippen LogP contribution in [-0.4, -0.2) is 46.4 Å². The quantitative estimate of drug-likeness (QED) is 0.0621. The molecule has 1 amide bonds. The number of aryl methyl sites for hydroxylation is 1. The molecule has 8 nitrogen and oxygen atoms in total. The summed E-state index contributed by atoms with van der Waals surface area (Å²) in [5.74, 6) is 1.97. The van der Waals surface area contributed by atoms with Crippen LogP contribution in [0.5, 0.6) is 11.5 Å². The smallest absolute Gasteiger partial charge is 0.248 e. The van der Waals surface area contributed by atoms with E-state index < -0.39 is 11.2 Å². The lowest BCUT2D eigenvalue weighted by molar-refractivity contribution is -0.111. The van der Waals surface area contributed by atoms with E-state index in [1.54, 1.807) is 42.9 Å². The van der Waals surface area contributed by atoms with Crippen LogP contribution in [0.4, 0.5) is 5.69 Å². The Hall–Kier alpha value is -4.05. The molecule has 0 saturated carbocycles. The van der Waals surface area contributed by atoms with Crippen LogP contribution in [0.25, 0.3) is 17.2 Å². The summed E-state index contributed by atoms with van der Waals surface area (Å²) in [5.41, 5.74) is 4.39. The first kappa shape index (κ1) is 35.8. The Morgan fingerprint density at radius 1 is 0.957 bits per heavy atom. The Morgan fingerprint density at radius 2 is 1.72 bits per heavy atom. The summed E-state index contributed by atoms with van der Waals surface area (Å²) in [6.07, 6.45) is 9.97. The first-order valence-corrected chi connectivity index (χ1v) is 17.7. The molecule has 250 valence electrons. The van der Waals surface area contributed by atoms with Gasteiger partial charge in [0.1, 0.15) is 18.1 Å². The Kier molecular flexibility index (Phi) is 14.4. The molecule has 0 aliphatic carbocycles. The number of nitrogens with zero attached hydrogens (tertiary/aromatic N) is 2. The average Bonchev–Trinajstić information content (AvgIpc) is 3.51. The maximum Gasteiger partial charge on any atom is 0.248 e. The fourth-order valence-electron chi connectivity index (χ4n) is 4.72. The number of nitrogens with one attached hydrogen (secondary N) is 1. The van der Waals surface area contributed by atoms with Gasteiger partial charge in [-0.15, -0.1) is 0 Å². The fourth-order valence-corrected chi connectivity index (χ4v) is 5.84. The molecule has 4 rings (SSSR count). The van der Waals surface area contributed by atoms with Crippen LogP contribution in [0.3, 0.4) is 0 Å². The van der Waals surface area contributed by atoms with Gasteiger partial charge in [0, 0.05) is 30.5 Å². The van der Waals surface area contributed by atoms with Gasteiger partial charge in [0.2, 0.25) is 5.91 Å². The predicted molar refractivity (Wildman–Crippen MR) is 190 cm³/mol. The van der Waals surface area contributed by atoms with Gasteiger partial charge in [0.15, 0.2) is 10.6 Å². The lowest BCUT2D eigenvalue weighted by atomic mass is 10.0. The number of benzene rings is 3. The second-order valence-electron chi connectivity index (χ2n) is 11.7. The van der Waals surface area contributed by atoms with Crippen molar-refractivity contribution >= 4 is 28.8 Å². The maximum atomic E-state index is 13.0. The van der Waals surface area contributed by atoms with E-state index in [0.717, 1.165) is 60.5 Å². The number of imidazole rings is 1. The van der Waals surface area contributed by atoms with E-state index in [2.05, 4.69) is 38.0 Å². The number of ether oxygens (including phenoxy) is 3. The van der Waals surface area contributed by atoms with Crippen LogP contribution in [0.1, 0.15) is 58.2 Å². The molecule has 47 heavy (non-hydrogen) atoms. The molecule has 0 unspecified atom stereocenters. The minimum absolute atomic E-state index is 0.275. The SMILES string of the molecule is CCCCOCCOc1ccc(-c2ccc(OCC(C)C)c(/C=C/C(=O)Nc3ccc([S@@+]([O-])Cc4cncn4CCC)cc3)c2)cc1. The van der Waals surface area contributed by atoms with Gasteiger partial charge in [-0.2, -0.15) is 0 Å². The molecule has 1 heterocycles. The number of aromatic nitrogens is 2. The van der Waals surface area contributed by atoms with Crippen molar-refractivity contribution in [2.24, 2.45) is 5.92 Å². The number of carbonyl (C=O) groups excluding carboxylic acids is 1. The van der Waals surface area contributed by atoms with E-state index in [1.807, 2.05) is 47.0 Å². The Bertz CT molecular complexity index is 1550. The van der Waals surface area contributed by atoms with Crippen LogP contribution in [0, 0.1) is 5.92 Å². The van der Waals surface area contributed by atoms with Crippen LogP contribution in [-0.2, 0) is 33.0 Å². The number of rotatable bonds is 19. The van der Waals surface area contributed by atoms with E-state index in [4.69, 9.17) is 14.2 Å². The lowest BCUT2D eigenvalue weighted by Gasteiger charge is -2.14. The number of hydrogen-bond acceptors (Lipinski definition) is 6. The summed E-state index contributed by atoms with van der Waals surface area (Å²) in [6.45, 7) is 11.7. The number of anilines is 1. The summed E-state index contributed by atoms with van der Waals surface area (Å²) in [4.78, 5) is 17.8. The van der Waals surface area contributed by atoms with Crippen molar-refractivity contribution in [3.05, 3.63) is 96.6 Å². The fraction of sp³-hybridized carbons (Fsp3) is 0.368. The zero-order chi connectivity index (χ0) is 33.4. The van der Waals surface area contributed by atoms with Crippen LogP contribution in [0.2, 0.25) is 0 Å². The largest absolute Gasteiger partial charge is 0.611 e. The number of carbonyl (C=O) groups is 1. The van der Waals surface area contributed by atoms with Crippen molar-refractivity contribution in [1.29, 1.82) is 0 Å². The molecule has 0 aliphatic heterocycles. The second-order valence-corrected chi connectivity index (χ2v) is 13.2. The van der Waals surface area contributed by atoms with E-state index in [-0.39, 0.29) is 5.91 Å². The molecule has 0 saturated heterocycles. The minimum atomic E-state index is -1.22. The molecule has 0 aliphatic rings. The molecule has 9 heteroatoms. The molecule has 3 aromatic carbocycles. The highest BCUT2D eigenvalue weighted by atomic mass is 32.2. The molecular formula is C38H47N3O5S.